The first kappa shape index (κ1) is 25.1. The summed E-state index contributed by atoms with van der Waals surface area (Å²) in [7, 11) is -3.69. The summed E-state index contributed by atoms with van der Waals surface area (Å²) in [5, 5.41) is 5.81. The molecule has 2 N–H and O–H groups in total. The second-order valence-corrected chi connectivity index (χ2v) is 14.1. The van der Waals surface area contributed by atoms with Crippen LogP contribution < -0.4 is 10.6 Å². The highest BCUT2D eigenvalue weighted by Gasteiger charge is 2.50. The summed E-state index contributed by atoms with van der Waals surface area (Å²) in [6.07, 6.45) is 10.4. The lowest BCUT2D eigenvalue weighted by molar-refractivity contribution is -0.120. The molecule has 4 bridgehead atoms. The van der Waals surface area contributed by atoms with Crippen LogP contribution >= 0.6 is 0 Å². The fraction of sp³-hybridized carbons (Fsp3) is 0.643. The van der Waals surface area contributed by atoms with E-state index in [0.717, 1.165) is 24.2 Å². The van der Waals surface area contributed by atoms with Crippen LogP contribution in [0.2, 0.25) is 0 Å². The van der Waals surface area contributed by atoms with E-state index in [1.165, 1.54) is 61.0 Å². The first-order valence-electron chi connectivity index (χ1n) is 13.7. The molecule has 2 saturated heterocycles. The van der Waals surface area contributed by atoms with Crippen LogP contribution in [-0.4, -0.2) is 56.5 Å². The number of ether oxygens (including phenoxy) is 1. The molecule has 0 spiro atoms. The standard InChI is InChI=1S/C28H37N3O5S/c1-2-25(32)30-26-12-22-16-31(17-24(22)36-26)37(34,35)23-5-3-21(4-6-23)27(33)29-8-7-28-13-18-9-19(14-28)11-20(10-18)15-28/h2-6,18-20,22,24,26H,1,7-17H2,(H,29,33)(H,30,32). The Balaban J connectivity index is 1.01. The predicted octanol–water partition coefficient (Wildman–Crippen LogP) is 3.06. The van der Waals surface area contributed by atoms with Gasteiger partial charge in [-0.25, -0.2) is 8.42 Å². The Bertz CT molecular complexity index is 1130. The molecule has 2 amide bonds. The Hall–Kier alpha value is -2.23. The summed E-state index contributed by atoms with van der Waals surface area (Å²) in [6, 6.07) is 6.24. The van der Waals surface area contributed by atoms with Crippen molar-refractivity contribution in [2.75, 3.05) is 19.6 Å². The molecular weight excluding hydrogens is 490 g/mol. The van der Waals surface area contributed by atoms with E-state index < -0.39 is 16.3 Å². The van der Waals surface area contributed by atoms with E-state index in [4.69, 9.17) is 4.74 Å². The highest BCUT2D eigenvalue weighted by atomic mass is 32.2. The van der Waals surface area contributed by atoms with Gasteiger partial charge in [0.2, 0.25) is 15.9 Å². The minimum absolute atomic E-state index is 0.0314. The number of hydrogen-bond acceptors (Lipinski definition) is 5. The monoisotopic (exact) mass is 527 g/mol. The highest BCUT2D eigenvalue weighted by Crippen LogP contribution is 2.61. The lowest BCUT2D eigenvalue weighted by Crippen LogP contribution is -2.47. The Morgan fingerprint density at radius 2 is 1.68 bits per heavy atom. The Kier molecular flexibility index (Phi) is 6.44. The van der Waals surface area contributed by atoms with Gasteiger partial charge >= 0.3 is 0 Å². The van der Waals surface area contributed by atoms with E-state index in [-0.39, 0.29) is 35.3 Å². The normalized spacial score (nSPS) is 36.3. The van der Waals surface area contributed by atoms with Crippen molar-refractivity contribution in [1.29, 1.82) is 0 Å². The summed E-state index contributed by atoms with van der Waals surface area (Å²) in [4.78, 5) is 24.5. The minimum atomic E-state index is -3.69. The van der Waals surface area contributed by atoms with Crippen LogP contribution in [0.15, 0.2) is 41.8 Å². The molecule has 37 heavy (non-hydrogen) atoms. The molecule has 9 heteroatoms. The topological polar surface area (TPSA) is 105 Å². The van der Waals surface area contributed by atoms with Gasteiger partial charge in [-0.1, -0.05) is 6.58 Å². The van der Waals surface area contributed by atoms with Gasteiger partial charge in [0.1, 0.15) is 6.23 Å². The van der Waals surface area contributed by atoms with Gasteiger partial charge in [0, 0.05) is 31.1 Å². The van der Waals surface area contributed by atoms with Crippen molar-refractivity contribution in [3.05, 3.63) is 42.5 Å². The van der Waals surface area contributed by atoms with E-state index in [9.17, 15) is 18.0 Å². The average molecular weight is 528 g/mol. The first-order chi connectivity index (χ1) is 17.7. The third-order valence-electron chi connectivity index (χ3n) is 9.55. The number of nitrogens with one attached hydrogen (secondary N) is 2. The predicted molar refractivity (Wildman–Crippen MR) is 138 cm³/mol. The van der Waals surface area contributed by atoms with Crippen molar-refractivity contribution >= 4 is 21.8 Å². The van der Waals surface area contributed by atoms with E-state index in [1.807, 2.05) is 0 Å². The molecule has 4 saturated carbocycles. The van der Waals surface area contributed by atoms with E-state index >= 15 is 0 Å². The van der Waals surface area contributed by atoms with Crippen LogP contribution in [0.4, 0.5) is 0 Å². The molecule has 3 unspecified atom stereocenters. The van der Waals surface area contributed by atoms with Crippen LogP contribution in [-0.2, 0) is 19.6 Å². The fourth-order valence-corrected chi connectivity index (χ4v) is 9.81. The Morgan fingerprint density at radius 3 is 2.27 bits per heavy atom. The number of fused-ring (bicyclic) bond motifs is 1. The molecule has 1 aromatic carbocycles. The van der Waals surface area contributed by atoms with Gasteiger partial charge in [0.05, 0.1) is 11.0 Å². The number of rotatable bonds is 8. The van der Waals surface area contributed by atoms with Crippen molar-refractivity contribution in [2.45, 2.75) is 68.6 Å². The zero-order valence-electron chi connectivity index (χ0n) is 21.2. The number of carbonyl (C=O) groups excluding carboxylic acids is 2. The van der Waals surface area contributed by atoms with Crippen LogP contribution in [0.3, 0.4) is 0 Å². The Labute approximate surface area is 219 Å². The van der Waals surface area contributed by atoms with Gasteiger partial charge in [0.15, 0.2) is 0 Å². The summed E-state index contributed by atoms with van der Waals surface area (Å²) in [6.45, 7) is 4.71. The third kappa shape index (κ3) is 4.86. The largest absolute Gasteiger partial charge is 0.354 e. The summed E-state index contributed by atoms with van der Waals surface area (Å²) < 4.78 is 33.7. The smallest absolute Gasteiger partial charge is 0.251 e. The second kappa shape index (κ2) is 9.50. The quantitative estimate of drug-likeness (QED) is 0.506. The van der Waals surface area contributed by atoms with Gasteiger partial charge in [-0.05, 0) is 105 Å². The SMILES string of the molecule is C=CC(=O)NC1CC2CN(S(=O)(=O)c3ccc(C(=O)NCCC45CC6CC(CC(C6)C4)C5)cc3)CC2O1. The third-order valence-corrected chi connectivity index (χ3v) is 11.4. The summed E-state index contributed by atoms with van der Waals surface area (Å²) in [5.74, 6) is 2.29. The van der Waals surface area contributed by atoms with Gasteiger partial charge in [-0.3, -0.25) is 9.59 Å². The maximum atomic E-state index is 13.2. The minimum Gasteiger partial charge on any atom is -0.354 e. The molecule has 1 aromatic rings. The van der Waals surface area contributed by atoms with Gasteiger partial charge in [0.25, 0.3) is 5.91 Å². The molecule has 0 aromatic heterocycles. The van der Waals surface area contributed by atoms with Crippen LogP contribution in [0, 0.1) is 29.1 Å². The van der Waals surface area contributed by atoms with Crippen molar-refractivity contribution in [2.24, 2.45) is 29.1 Å². The lowest BCUT2D eigenvalue weighted by atomic mass is 9.49. The molecule has 6 fully saturated rings. The molecule has 7 rings (SSSR count). The number of nitrogens with zero attached hydrogens (tertiary/aromatic N) is 1. The van der Waals surface area contributed by atoms with E-state index in [0.29, 0.717) is 30.5 Å². The van der Waals surface area contributed by atoms with Crippen LogP contribution in [0.5, 0.6) is 0 Å². The Morgan fingerprint density at radius 1 is 1.03 bits per heavy atom. The molecule has 3 atom stereocenters. The molecule has 8 nitrogen and oxygen atoms in total. The van der Waals surface area contributed by atoms with Crippen LogP contribution in [0.1, 0.15) is 61.7 Å². The van der Waals surface area contributed by atoms with Crippen molar-refractivity contribution in [1.82, 2.24) is 14.9 Å². The van der Waals surface area contributed by atoms with Gasteiger partial charge in [-0.15, -0.1) is 0 Å². The maximum Gasteiger partial charge on any atom is 0.251 e. The lowest BCUT2D eigenvalue weighted by Gasteiger charge is -2.57. The fourth-order valence-electron chi connectivity index (χ4n) is 8.30. The van der Waals surface area contributed by atoms with Gasteiger partial charge < -0.3 is 15.4 Å². The zero-order valence-corrected chi connectivity index (χ0v) is 22.0. The molecular formula is C28H37N3O5S. The number of amides is 2. The van der Waals surface area contributed by atoms with Crippen molar-refractivity contribution in [3.8, 4) is 0 Å². The molecule has 4 aliphatic carbocycles. The maximum absolute atomic E-state index is 13.2. The zero-order chi connectivity index (χ0) is 25.8. The van der Waals surface area contributed by atoms with E-state index in [2.05, 4.69) is 17.2 Å². The van der Waals surface area contributed by atoms with E-state index in [1.54, 1.807) is 12.1 Å². The number of hydrogen-bond donors (Lipinski definition) is 2. The molecule has 6 aliphatic rings. The first-order valence-corrected chi connectivity index (χ1v) is 15.1. The summed E-state index contributed by atoms with van der Waals surface area (Å²) >= 11 is 0. The highest BCUT2D eigenvalue weighted by molar-refractivity contribution is 7.89. The second-order valence-electron chi connectivity index (χ2n) is 12.1. The van der Waals surface area contributed by atoms with Gasteiger partial charge in [-0.2, -0.15) is 4.31 Å². The number of sulfonamides is 1. The van der Waals surface area contributed by atoms with Crippen molar-refractivity contribution in [3.63, 3.8) is 0 Å². The molecule has 2 aliphatic heterocycles. The summed E-state index contributed by atoms with van der Waals surface area (Å²) in [5.41, 5.74) is 0.904. The number of carbonyl (C=O) groups is 2. The molecule has 200 valence electrons. The van der Waals surface area contributed by atoms with Crippen molar-refractivity contribution < 1.29 is 22.7 Å². The number of benzene rings is 1. The molecule has 0 radical (unpaired) electrons. The van der Waals surface area contributed by atoms with Crippen LogP contribution in [0.25, 0.3) is 0 Å². The molecule has 2 heterocycles. The average Bonchev–Trinajstić information content (AvgIpc) is 3.42.